The third kappa shape index (κ3) is 5.26. The maximum absolute atomic E-state index is 6.46. The fourth-order valence-electron chi connectivity index (χ4n) is 2.67. The molecule has 0 bridgehead atoms. The van der Waals surface area contributed by atoms with Gasteiger partial charge in [0.2, 0.25) is 0 Å². The Labute approximate surface area is 180 Å². The highest BCUT2D eigenvalue weighted by molar-refractivity contribution is 6.42. The summed E-state index contributed by atoms with van der Waals surface area (Å²) in [5.74, 6) is 1.12. The molecule has 0 radical (unpaired) electrons. The molecule has 3 nitrogen and oxygen atoms in total. The van der Waals surface area contributed by atoms with Gasteiger partial charge in [0.25, 0.3) is 0 Å². The third-order valence-electron chi connectivity index (χ3n) is 4.21. The summed E-state index contributed by atoms with van der Waals surface area (Å²) in [6.45, 7) is 3.01. The molecule has 146 valence electrons. The molecule has 0 saturated carbocycles. The maximum Gasteiger partial charge on any atom is 0.180 e. The van der Waals surface area contributed by atoms with Crippen LogP contribution in [0.15, 0.2) is 54.6 Å². The van der Waals surface area contributed by atoms with Crippen molar-refractivity contribution in [1.29, 1.82) is 0 Å². The van der Waals surface area contributed by atoms with E-state index in [-0.39, 0.29) is 0 Å². The van der Waals surface area contributed by atoms with E-state index in [1.165, 1.54) is 5.56 Å². The van der Waals surface area contributed by atoms with Gasteiger partial charge in [-0.1, -0.05) is 64.6 Å². The second-order valence-corrected chi connectivity index (χ2v) is 7.59. The second kappa shape index (κ2) is 9.42. The lowest BCUT2D eigenvalue weighted by atomic mass is 10.1. The van der Waals surface area contributed by atoms with Gasteiger partial charge in [-0.2, -0.15) is 0 Å². The van der Waals surface area contributed by atoms with Crippen LogP contribution in [0.2, 0.25) is 15.1 Å². The van der Waals surface area contributed by atoms with Crippen LogP contribution in [0.3, 0.4) is 0 Å². The Bertz CT molecular complexity index is 959. The van der Waals surface area contributed by atoms with Gasteiger partial charge in [-0.15, -0.1) is 0 Å². The van der Waals surface area contributed by atoms with Crippen LogP contribution < -0.4 is 14.8 Å². The number of aryl methyl sites for hydroxylation is 1. The minimum Gasteiger partial charge on any atom is -0.493 e. The zero-order valence-corrected chi connectivity index (χ0v) is 17.8. The van der Waals surface area contributed by atoms with Gasteiger partial charge in [0.15, 0.2) is 11.5 Å². The quantitative estimate of drug-likeness (QED) is 0.426. The van der Waals surface area contributed by atoms with Crippen molar-refractivity contribution < 1.29 is 9.47 Å². The minimum absolute atomic E-state index is 0.414. The van der Waals surface area contributed by atoms with E-state index in [4.69, 9.17) is 44.3 Å². The predicted molar refractivity (Wildman–Crippen MR) is 117 cm³/mol. The van der Waals surface area contributed by atoms with Gasteiger partial charge >= 0.3 is 0 Å². The van der Waals surface area contributed by atoms with Gasteiger partial charge in [-0.25, -0.2) is 0 Å². The summed E-state index contributed by atoms with van der Waals surface area (Å²) in [4.78, 5) is 0. The minimum atomic E-state index is 0.414. The van der Waals surface area contributed by atoms with Gasteiger partial charge < -0.3 is 14.8 Å². The summed E-state index contributed by atoms with van der Waals surface area (Å²) in [6, 6.07) is 17.3. The van der Waals surface area contributed by atoms with Crippen molar-refractivity contribution in [3.63, 3.8) is 0 Å². The molecule has 3 rings (SSSR count). The lowest BCUT2D eigenvalue weighted by molar-refractivity contribution is 0.284. The Balaban J connectivity index is 1.71. The van der Waals surface area contributed by atoms with Crippen LogP contribution in [0.1, 0.15) is 16.7 Å². The molecule has 1 N–H and O–H groups in total. The molecule has 3 aromatic carbocycles. The first-order valence-electron chi connectivity index (χ1n) is 8.70. The molecule has 0 aromatic heterocycles. The molecule has 0 spiro atoms. The van der Waals surface area contributed by atoms with E-state index in [9.17, 15) is 0 Å². The lowest BCUT2D eigenvalue weighted by Crippen LogP contribution is -2.02. The van der Waals surface area contributed by atoms with E-state index in [1.807, 2.05) is 30.3 Å². The summed E-state index contributed by atoms with van der Waals surface area (Å²) in [5.41, 5.74) is 4.09. The van der Waals surface area contributed by atoms with Crippen molar-refractivity contribution in [2.75, 3.05) is 12.4 Å². The Hall–Kier alpha value is -2.07. The molecule has 0 fully saturated rings. The number of nitrogens with one attached hydrogen (secondary N) is 1. The van der Waals surface area contributed by atoms with Gasteiger partial charge in [0.1, 0.15) is 6.61 Å². The molecular formula is C22H20Cl3NO2. The number of halogens is 3. The lowest BCUT2D eigenvalue weighted by Gasteiger charge is -2.15. The standard InChI is InChI=1S/C22H20Cl3NO2/c1-14-3-5-15(6-4-14)13-28-22-20(25)9-16(10-21(22)27-2)12-26-17-7-8-18(23)19(24)11-17/h3-11,26H,12-13H2,1-2H3. The van der Waals surface area contributed by atoms with Crippen LogP contribution in [-0.2, 0) is 13.2 Å². The molecule has 0 aliphatic carbocycles. The van der Waals surface area contributed by atoms with Gasteiger partial charge in [-0.05, 0) is 48.4 Å². The van der Waals surface area contributed by atoms with Gasteiger partial charge in [-0.3, -0.25) is 0 Å². The van der Waals surface area contributed by atoms with Crippen LogP contribution in [0.4, 0.5) is 5.69 Å². The number of anilines is 1. The monoisotopic (exact) mass is 435 g/mol. The van der Waals surface area contributed by atoms with Crippen molar-refractivity contribution in [1.82, 2.24) is 0 Å². The summed E-state index contributed by atoms with van der Waals surface area (Å²) >= 11 is 18.5. The molecule has 0 aliphatic rings. The first-order chi connectivity index (χ1) is 13.5. The van der Waals surface area contributed by atoms with Gasteiger partial charge in [0.05, 0.1) is 22.2 Å². The molecule has 0 saturated heterocycles. The summed E-state index contributed by atoms with van der Waals surface area (Å²) in [5, 5.41) is 4.81. The molecule has 0 aliphatic heterocycles. The number of hydrogen-bond acceptors (Lipinski definition) is 3. The van der Waals surface area contributed by atoms with Crippen LogP contribution in [0.5, 0.6) is 11.5 Å². The average Bonchev–Trinajstić information content (AvgIpc) is 2.69. The normalized spacial score (nSPS) is 10.6. The van der Waals surface area contributed by atoms with E-state index in [2.05, 4.69) is 24.4 Å². The second-order valence-electron chi connectivity index (χ2n) is 6.37. The largest absolute Gasteiger partial charge is 0.493 e. The zero-order valence-electron chi connectivity index (χ0n) is 15.6. The maximum atomic E-state index is 6.46. The van der Waals surface area contributed by atoms with Crippen molar-refractivity contribution in [3.8, 4) is 11.5 Å². The van der Waals surface area contributed by atoms with E-state index < -0.39 is 0 Å². The third-order valence-corrected chi connectivity index (χ3v) is 5.23. The smallest absolute Gasteiger partial charge is 0.180 e. The molecule has 0 unspecified atom stereocenters. The number of rotatable bonds is 7. The molecule has 6 heteroatoms. The highest BCUT2D eigenvalue weighted by Gasteiger charge is 2.13. The molecule has 28 heavy (non-hydrogen) atoms. The fraction of sp³-hybridized carbons (Fsp3) is 0.182. The highest BCUT2D eigenvalue weighted by atomic mass is 35.5. The topological polar surface area (TPSA) is 30.5 Å². The molecule has 0 amide bonds. The number of benzene rings is 3. The Kier molecular flexibility index (Phi) is 6.95. The van der Waals surface area contributed by atoms with Crippen molar-refractivity contribution in [3.05, 3.63) is 86.4 Å². The first-order valence-corrected chi connectivity index (χ1v) is 9.83. The Morgan fingerprint density at radius 1 is 0.821 bits per heavy atom. The van der Waals surface area contributed by atoms with Crippen LogP contribution in [0, 0.1) is 6.92 Å². The van der Waals surface area contributed by atoms with E-state index in [1.54, 1.807) is 19.2 Å². The molecule has 0 heterocycles. The number of hydrogen-bond donors (Lipinski definition) is 1. The molecule has 3 aromatic rings. The Morgan fingerprint density at radius 2 is 1.57 bits per heavy atom. The van der Waals surface area contributed by atoms with Crippen LogP contribution in [-0.4, -0.2) is 7.11 Å². The van der Waals surface area contributed by atoms with Crippen molar-refractivity contribution in [2.45, 2.75) is 20.1 Å². The average molecular weight is 437 g/mol. The van der Waals surface area contributed by atoms with Crippen molar-refractivity contribution in [2.24, 2.45) is 0 Å². The van der Waals surface area contributed by atoms with E-state index in [0.29, 0.717) is 39.7 Å². The number of ether oxygens (including phenoxy) is 2. The predicted octanol–water partition coefficient (Wildman–Crippen LogP) is 7.15. The van der Waals surface area contributed by atoms with Crippen LogP contribution >= 0.6 is 34.8 Å². The van der Waals surface area contributed by atoms with Crippen molar-refractivity contribution >= 4 is 40.5 Å². The SMILES string of the molecule is COc1cc(CNc2ccc(Cl)c(Cl)c2)cc(Cl)c1OCc1ccc(C)cc1. The fourth-order valence-corrected chi connectivity index (χ4v) is 3.25. The summed E-state index contributed by atoms with van der Waals surface area (Å²) in [6.07, 6.45) is 0. The van der Waals surface area contributed by atoms with E-state index in [0.717, 1.165) is 16.8 Å². The zero-order chi connectivity index (χ0) is 20.1. The Morgan fingerprint density at radius 3 is 2.25 bits per heavy atom. The van der Waals surface area contributed by atoms with Gasteiger partial charge in [0, 0.05) is 12.2 Å². The number of methoxy groups -OCH3 is 1. The molecule has 0 atom stereocenters. The summed E-state index contributed by atoms with van der Waals surface area (Å²) < 4.78 is 11.4. The van der Waals surface area contributed by atoms with Crippen LogP contribution in [0.25, 0.3) is 0 Å². The first kappa shape index (κ1) is 20.7. The highest BCUT2D eigenvalue weighted by Crippen LogP contribution is 2.37. The van der Waals surface area contributed by atoms with E-state index >= 15 is 0 Å². The molecular weight excluding hydrogens is 417 g/mol. The summed E-state index contributed by atoms with van der Waals surface area (Å²) in [7, 11) is 1.60.